The van der Waals surface area contributed by atoms with E-state index in [1.165, 1.54) is 16.5 Å². The van der Waals surface area contributed by atoms with E-state index in [1.807, 2.05) is 36.1 Å². The molecule has 1 amide bonds. The molecule has 128 valence electrons. The molecule has 0 bridgehead atoms. The van der Waals surface area contributed by atoms with E-state index < -0.39 is 0 Å². The van der Waals surface area contributed by atoms with Gasteiger partial charge in [-0.05, 0) is 24.6 Å². The van der Waals surface area contributed by atoms with Gasteiger partial charge in [0, 0.05) is 54.3 Å². The molecule has 2 heterocycles. The second-order valence-corrected chi connectivity index (χ2v) is 6.68. The predicted molar refractivity (Wildman–Crippen MR) is 101 cm³/mol. The van der Waals surface area contributed by atoms with Crippen LogP contribution >= 0.6 is 0 Å². The third kappa shape index (κ3) is 2.29. The summed E-state index contributed by atoms with van der Waals surface area (Å²) in [6, 6.07) is 16.2. The van der Waals surface area contributed by atoms with Gasteiger partial charge in [-0.15, -0.1) is 0 Å². The van der Waals surface area contributed by atoms with Crippen LogP contribution in [-0.4, -0.2) is 28.5 Å². The Bertz CT molecular complexity index is 943. The topological polar surface area (TPSA) is 51.3 Å². The first-order valence-electron chi connectivity index (χ1n) is 8.81. The van der Waals surface area contributed by atoms with Crippen molar-refractivity contribution in [1.82, 2.24) is 9.47 Å². The van der Waals surface area contributed by atoms with Gasteiger partial charge < -0.3 is 15.2 Å². The number of aromatic nitrogens is 1. The molecule has 0 radical (unpaired) electrons. The molecular formula is C21H23N3O. The molecule has 1 aliphatic rings. The van der Waals surface area contributed by atoms with Crippen LogP contribution in [0.1, 0.15) is 40.4 Å². The maximum Gasteiger partial charge on any atom is 0.254 e. The normalized spacial score (nSPS) is 20.1. The Morgan fingerprint density at radius 3 is 2.52 bits per heavy atom. The maximum absolute atomic E-state index is 13.1. The standard InChI is InChI=1S/C21H23N3O/c1-3-24-20(18-13-23(2)19-11-7-6-9-15(18)19)17(12-22)14-8-4-5-10-16(14)21(24)25/h4-11,13,17,20H,3,12,22H2,1-2H3/t17-,20-/m0/s1. The van der Waals surface area contributed by atoms with Gasteiger partial charge >= 0.3 is 0 Å². The van der Waals surface area contributed by atoms with Gasteiger partial charge in [0.25, 0.3) is 5.91 Å². The van der Waals surface area contributed by atoms with E-state index in [-0.39, 0.29) is 17.9 Å². The van der Waals surface area contributed by atoms with E-state index in [9.17, 15) is 4.79 Å². The Morgan fingerprint density at radius 2 is 1.76 bits per heavy atom. The minimum atomic E-state index is -0.0384. The smallest absolute Gasteiger partial charge is 0.254 e. The van der Waals surface area contributed by atoms with Crippen LogP contribution in [0.4, 0.5) is 0 Å². The van der Waals surface area contributed by atoms with Crippen LogP contribution in [0.5, 0.6) is 0 Å². The van der Waals surface area contributed by atoms with Crippen LogP contribution in [0.15, 0.2) is 54.7 Å². The summed E-state index contributed by atoms with van der Waals surface area (Å²) < 4.78 is 2.14. The lowest BCUT2D eigenvalue weighted by Crippen LogP contribution is -2.44. The van der Waals surface area contributed by atoms with Crippen LogP contribution in [0, 0.1) is 0 Å². The van der Waals surface area contributed by atoms with Gasteiger partial charge in [-0.25, -0.2) is 0 Å². The largest absolute Gasteiger partial charge is 0.350 e. The molecule has 4 rings (SSSR count). The minimum Gasteiger partial charge on any atom is -0.350 e. The van der Waals surface area contributed by atoms with E-state index in [4.69, 9.17) is 5.73 Å². The fourth-order valence-corrected chi connectivity index (χ4v) is 4.27. The fourth-order valence-electron chi connectivity index (χ4n) is 4.27. The lowest BCUT2D eigenvalue weighted by molar-refractivity contribution is 0.0626. The number of rotatable bonds is 3. The van der Waals surface area contributed by atoms with Crippen molar-refractivity contribution in [3.05, 3.63) is 71.4 Å². The zero-order valence-corrected chi connectivity index (χ0v) is 14.6. The average molecular weight is 333 g/mol. The summed E-state index contributed by atoms with van der Waals surface area (Å²) in [6.45, 7) is 3.21. The van der Waals surface area contributed by atoms with E-state index in [0.717, 1.165) is 11.1 Å². The first-order valence-corrected chi connectivity index (χ1v) is 8.81. The van der Waals surface area contributed by atoms with Crippen LogP contribution in [0.25, 0.3) is 10.9 Å². The van der Waals surface area contributed by atoms with Gasteiger partial charge in [0.05, 0.1) is 6.04 Å². The molecule has 2 aromatic carbocycles. The lowest BCUT2D eigenvalue weighted by Gasteiger charge is -2.41. The zero-order chi connectivity index (χ0) is 17.6. The number of hydrogen-bond acceptors (Lipinski definition) is 2. The van der Waals surface area contributed by atoms with Crippen molar-refractivity contribution >= 4 is 16.8 Å². The number of fused-ring (bicyclic) bond motifs is 2. The Hall–Kier alpha value is -2.59. The number of nitrogens with two attached hydrogens (primary N) is 1. The predicted octanol–water partition coefficient (Wildman–Crippen LogP) is 3.44. The number of likely N-dealkylation sites (N-methyl/N-ethyl adjacent to an activating group) is 1. The monoisotopic (exact) mass is 333 g/mol. The molecule has 3 aromatic rings. The van der Waals surface area contributed by atoms with Gasteiger partial charge in [0.15, 0.2) is 0 Å². The lowest BCUT2D eigenvalue weighted by atomic mass is 9.79. The summed E-state index contributed by atoms with van der Waals surface area (Å²) in [7, 11) is 2.05. The summed E-state index contributed by atoms with van der Waals surface area (Å²) in [5.41, 5.74) is 10.4. The Balaban J connectivity index is 1.96. The second-order valence-electron chi connectivity index (χ2n) is 6.68. The first kappa shape index (κ1) is 15.9. The second kappa shape index (κ2) is 6.05. The van der Waals surface area contributed by atoms with Crippen molar-refractivity contribution in [3.8, 4) is 0 Å². The van der Waals surface area contributed by atoms with Crippen LogP contribution in [0.2, 0.25) is 0 Å². The van der Waals surface area contributed by atoms with E-state index >= 15 is 0 Å². The van der Waals surface area contributed by atoms with Gasteiger partial charge in [-0.1, -0.05) is 36.4 Å². The number of amides is 1. The first-order chi connectivity index (χ1) is 12.2. The Labute approximate surface area is 147 Å². The highest BCUT2D eigenvalue weighted by Gasteiger charge is 2.40. The summed E-state index contributed by atoms with van der Waals surface area (Å²) in [4.78, 5) is 15.1. The summed E-state index contributed by atoms with van der Waals surface area (Å²) >= 11 is 0. The highest BCUT2D eigenvalue weighted by atomic mass is 16.2. The number of carbonyl (C=O) groups excluding carboxylic acids is 1. The Kier molecular flexibility index (Phi) is 3.85. The van der Waals surface area contributed by atoms with Crippen LogP contribution in [-0.2, 0) is 7.05 Å². The van der Waals surface area contributed by atoms with Gasteiger partial charge in [0.2, 0.25) is 0 Å². The Morgan fingerprint density at radius 1 is 1.04 bits per heavy atom. The third-order valence-electron chi connectivity index (χ3n) is 5.41. The fraction of sp³-hybridized carbons (Fsp3) is 0.286. The van der Waals surface area contributed by atoms with E-state index in [1.54, 1.807) is 0 Å². The molecule has 4 heteroatoms. The van der Waals surface area contributed by atoms with E-state index in [0.29, 0.717) is 13.1 Å². The molecule has 0 saturated carbocycles. The SMILES string of the molecule is CCN1C(=O)c2ccccc2[C@H](CN)[C@H]1c1cn(C)c2ccccc12. The number of carbonyl (C=O) groups is 1. The number of benzene rings is 2. The maximum atomic E-state index is 13.1. The van der Waals surface area contributed by atoms with Crippen molar-refractivity contribution in [3.63, 3.8) is 0 Å². The van der Waals surface area contributed by atoms with Crippen molar-refractivity contribution in [1.29, 1.82) is 0 Å². The zero-order valence-electron chi connectivity index (χ0n) is 14.6. The number of nitrogens with zero attached hydrogens (tertiary/aromatic N) is 2. The van der Waals surface area contributed by atoms with Crippen molar-refractivity contribution in [2.75, 3.05) is 13.1 Å². The average Bonchev–Trinajstić information content (AvgIpc) is 2.98. The molecular weight excluding hydrogens is 310 g/mol. The van der Waals surface area contributed by atoms with Crippen LogP contribution < -0.4 is 5.73 Å². The molecule has 0 fully saturated rings. The molecule has 1 aliphatic heterocycles. The van der Waals surface area contributed by atoms with Crippen molar-refractivity contribution in [2.24, 2.45) is 12.8 Å². The molecule has 0 aliphatic carbocycles. The highest BCUT2D eigenvalue weighted by Crippen LogP contribution is 2.44. The molecule has 0 spiro atoms. The molecule has 2 atom stereocenters. The van der Waals surface area contributed by atoms with Gasteiger partial charge in [0.1, 0.15) is 0 Å². The third-order valence-corrected chi connectivity index (χ3v) is 5.41. The highest BCUT2D eigenvalue weighted by molar-refractivity contribution is 5.98. The van der Waals surface area contributed by atoms with Gasteiger partial charge in [-0.3, -0.25) is 4.79 Å². The van der Waals surface area contributed by atoms with Crippen molar-refractivity contribution in [2.45, 2.75) is 18.9 Å². The number of hydrogen-bond donors (Lipinski definition) is 1. The quantitative estimate of drug-likeness (QED) is 0.798. The summed E-state index contributed by atoms with van der Waals surface area (Å²) in [6.07, 6.45) is 2.15. The molecule has 25 heavy (non-hydrogen) atoms. The molecule has 4 nitrogen and oxygen atoms in total. The molecule has 1 aromatic heterocycles. The van der Waals surface area contributed by atoms with Gasteiger partial charge in [-0.2, -0.15) is 0 Å². The molecule has 2 N–H and O–H groups in total. The molecule has 0 unspecified atom stereocenters. The van der Waals surface area contributed by atoms with Crippen molar-refractivity contribution < 1.29 is 4.79 Å². The van der Waals surface area contributed by atoms with E-state index in [2.05, 4.69) is 42.1 Å². The summed E-state index contributed by atoms with van der Waals surface area (Å²) in [5, 5.41) is 1.19. The minimum absolute atomic E-state index is 0.0384. The number of aryl methyl sites for hydroxylation is 1. The van der Waals surface area contributed by atoms with Crippen LogP contribution in [0.3, 0.4) is 0 Å². The number of para-hydroxylation sites is 1. The summed E-state index contributed by atoms with van der Waals surface area (Å²) in [5.74, 6) is 0.195. The molecule has 0 saturated heterocycles.